The normalized spacial score (nSPS) is 17.9. The van der Waals surface area contributed by atoms with Gasteiger partial charge in [0.2, 0.25) is 5.88 Å². The number of benzene rings is 2. The molecule has 2 aromatic carbocycles. The van der Waals surface area contributed by atoms with Gasteiger partial charge in [-0.2, -0.15) is 0 Å². The number of aromatic amines is 1. The van der Waals surface area contributed by atoms with Crippen molar-refractivity contribution >= 4 is 17.0 Å². The number of aliphatic carboxylic acids is 1. The van der Waals surface area contributed by atoms with Crippen molar-refractivity contribution < 1.29 is 36.9 Å². The Hall–Kier alpha value is -4.22. The first-order chi connectivity index (χ1) is 18.1. The number of imidazole rings is 1. The van der Waals surface area contributed by atoms with Crippen LogP contribution in [0, 0.1) is 11.7 Å². The summed E-state index contributed by atoms with van der Waals surface area (Å²) in [6.45, 7) is 0. The van der Waals surface area contributed by atoms with E-state index in [0.29, 0.717) is 22.7 Å². The van der Waals surface area contributed by atoms with Crippen LogP contribution < -0.4 is 9.47 Å². The number of hydrogen-bond acceptors (Lipinski definition) is 6. The highest BCUT2D eigenvalue weighted by atomic mass is 19.4. The Bertz CT molecular complexity index is 1450. The van der Waals surface area contributed by atoms with Crippen LogP contribution in [-0.4, -0.2) is 43.5 Å². The van der Waals surface area contributed by atoms with Crippen molar-refractivity contribution in [3.8, 4) is 34.3 Å². The van der Waals surface area contributed by atoms with Gasteiger partial charge in [-0.15, -0.1) is 13.2 Å². The minimum atomic E-state index is -4.83. The van der Waals surface area contributed by atoms with E-state index in [9.17, 15) is 18.0 Å². The quantitative estimate of drug-likeness (QED) is 0.276. The van der Waals surface area contributed by atoms with Crippen molar-refractivity contribution in [3.05, 3.63) is 54.6 Å². The van der Waals surface area contributed by atoms with E-state index in [-0.39, 0.29) is 35.3 Å². The summed E-state index contributed by atoms with van der Waals surface area (Å²) in [7, 11) is 0. The Kier molecular flexibility index (Phi) is 6.87. The first-order valence-electron chi connectivity index (χ1n) is 11.9. The van der Waals surface area contributed by atoms with Crippen LogP contribution in [0.5, 0.6) is 11.6 Å². The molecule has 38 heavy (non-hydrogen) atoms. The summed E-state index contributed by atoms with van der Waals surface area (Å²) in [6, 6.07) is 8.05. The number of fused-ring (bicyclic) bond motifs is 1. The van der Waals surface area contributed by atoms with Gasteiger partial charge in [-0.05, 0) is 55.9 Å². The Morgan fingerprint density at radius 2 is 1.84 bits per heavy atom. The molecule has 1 aliphatic carbocycles. The average molecular weight is 530 g/mol. The van der Waals surface area contributed by atoms with Crippen LogP contribution in [0.25, 0.3) is 33.7 Å². The van der Waals surface area contributed by atoms with Crippen LogP contribution in [0.2, 0.25) is 0 Å². The number of carbonyl (C=O) groups is 1. The van der Waals surface area contributed by atoms with Gasteiger partial charge in [-0.25, -0.2) is 19.3 Å². The van der Waals surface area contributed by atoms with E-state index < -0.39 is 23.9 Å². The number of aromatic nitrogens is 4. The van der Waals surface area contributed by atoms with Crippen molar-refractivity contribution in [2.24, 2.45) is 5.92 Å². The molecule has 0 spiro atoms. The minimum absolute atomic E-state index is 0.0585. The fraction of sp³-hybridized carbons (Fsp3) is 0.308. The highest BCUT2D eigenvalue weighted by Crippen LogP contribution is 2.31. The molecule has 4 aromatic rings. The number of alkyl halides is 3. The van der Waals surface area contributed by atoms with Crippen molar-refractivity contribution in [1.29, 1.82) is 0 Å². The smallest absolute Gasteiger partial charge is 0.481 e. The lowest BCUT2D eigenvalue weighted by molar-refractivity contribution is -0.274. The van der Waals surface area contributed by atoms with Crippen molar-refractivity contribution in [2.75, 3.05) is 0 Å². The van der Waals surface area contributed by atoms with E-state index >= 15 is 4.39 Å². The predicted octanol–water partition coefficient (Wildman–Crippen LogP) is 6.14. The van der Waals surface area contributed by atoms with Crippen LogP contribution in [-0.2, 0) is 4.79 Å². The molecule has 8 nitrogen and oxygen atoms in total. The fourth-order valence-electron chi connectivity index (χ4n) is 4.57. The largest absolute Gasteiger partial charge is 0.573 e. The van der Waals surface area contributed by atoms with Crippen molar-refractivity contribution in [1.82, 2.24) is 19.9 Å². The molecule has 0 unspecified atom stereocenters. The van der Waals surface area contributed by atoms with Crippen molar-refractivity contribution in [2.45, 2.75) is 44.6 Å². The molecule has 2 heterocycles. The zero-order valence-corrected chi connectivity index (χ0v) is 19.8. The maximum Gasteiger partial charge on any atom is 0.573 e. The van der Waals surface area contributed by atoms with Crippen LogP contribution in [0.1, 0.15) is 32.1 Å². The third-order valence-corrected chi connectivity index (χ3v) is 6.38. The molecule has 1 aliphatic rings. The molecule has 5 rings (SSSR count). The second-order valence-electron chi connectivity index (χ2n) is 9.11. The standard InChI is InChI=1S/C26H22F4N4O4/c27-19-10-15(22-12-32-23(13-31-22)37-16-4-1-14(2-5-16)9-24(35)36)3-7-18(19)25-33-20-8-6-17(11-21(20)34-25)38-26(28,29)30/h3,6-8,10-14,16H,1-2,4-5,9H2,(H,33,34)(H,35,36)/t14-,16+. The monoisotopic (exact) mass is 530 g/mol. The number of nitrogens with zero attached hydrogens (tertiary/aromatic N) is 3. The van der Waals surface area contributed by atoms with Gasteiger partial charge in [-0.3, -0.25) is 4.79 Å². The second kappa shape index (κ2) is 10.3. The highest BCUT2D eigenvalue weighted by Gasteiger charge is 2.31. The lowest BCUT2D eigenvalue weighted by Gasteiger charge is -2.27. The van der Waals surface area contributed by atoms with E-state index in [2.05, 4.69) is 24.7 Å². The van der Waals surface area contributed by atoms with Crippen LogP contribution in [0.15, 0.2) is 48.8 Å². The Balaban J connectivity index is 1.26. The molecule has 0 bridgehead atoms. The molecule has 0 saturated heterocycles. The van der Waals surface area contributed by atoms with Crippen LogP contribution in [0.3, 0.4) is 0 Å². The summed E-state index contributed by atoms with van der Waals surface area (Å²) >= 11 is 0. The number of rotatable bonds is 7. The maximum atomic E-state index is 15.0. The Labute approximate surface area is 213 Å². The van der Waals surface area contributed by atoms with Gasteiger partial charge < -0.3 is 19.6 Å². The Morgan fingerprint density at radius 1 is 1.05 bits per heavy atom. The molecule has 0 radical (unpaired) electrons. The zero-order valence-electron chi connectivity index (χ0n) is 19.8. The molecule has 1 fully saturated rings. The number of carboxylic acid groups (broad SMARTS) is 1. The molecule has 0 amide bonds. The summed E-state index contributed by atoms with van der Waals surface area (Å²) in [5.74, 6) is -1.15. The predicted molar refractivity (Wildman–Crippen MR) is 128 cm³/mol. The number of halogens is 4. The molecule has 2 aromatic heterocycles. The van der Waals surface area contributed by atoms with Gasteiger partial charge >= 0.3 is 12.3 Å². The summed E-state index contributed by atoms with van der Waals surface area (Å²) in [5.41, 5.74) is 1.65. The summed E-state index contributed by atoms with van der Waals surface area (Å²) in [5, 5.41) is 8.93. The molecular weight excluding hydrogens is 508 g/mol. The van der Waals surface area contributed by atoms with Crippen molar-refractivity contribution in [3.63, 3.8) is 0 Å². The summed E-state index contributed by atoms with van der Waals surface area (Å²) < 4.78 is 62.3. The first kappa shape index (κ1) is 25.4. The minimum Gasteiger partial charge on any atom is -0.481 e. The van der Waals surface area contributed by atoms with Gasteiger partial charge in [0.15, 0.2) is 0 Å². The van der Waals surface area contributed by atoms with Gasteiger partial charge in [0, 0.05) is 18.1 Å². The number of nitrogens with one attached hydrogen (secondary N) is 1. The lowest BCUT2D eigenvalue weighted by atomic mass is 9.85. The molecule has 1 saturated carbocycles. The number of carboxylic acids is 1. The average Bonchev–Trinajstić information content (AvgIpc) is 3.27. The summed E-state index contributed by atoms with van der Waals surface area (Å²) in [4.78, 5) is 26.6. The second-order valence-corrected chi connectivity index (χ2v) is 9.11. The van der Waals surface area contributed by atoms with E-state index in [1.807, 2.05) is 0 Å². The maximum absolute atomic E-state index is 15.0. The third-order valence-electron chi connectivity index (χ3n) is 6.38. The van der Waals surface area contributed by atoms with Gasteiger partial charge in [-0.1, -0.05) is 6.07 Å². The van der Waals surface area contributed by atoms with E-state index in [1.165, 1.54) is 30.6 Å². The number of H-pyrrole nitrogens is 1. The molecule has 0 atom stereocenters. The van der Waals surface area contributed by atoms with E-state index in [4.69, 9.17) is 9.84 Å². The third kappa shape index (κ3) is 6.01. The van der Waals surface area contributed by atoms with Gasteiger partial charge in [0.25, 0.3) is 0 Å². The number of ether oxygens (including phenoxy) is 2. The fourth-order valence-corrected chi connectivity index (χ4v) is 4.57. The lowest BCUT2D eigenvalue weighted by Crippen LogP contribution is -2.25. The molecule has 198 valence electrons. The topological polar surface area (TPSA) is 110 Å². The van der Waals surface area contributed by atoms with E-state index in [1.54, 1.807) is 6.07 Å². The molecule has 12 heteroatoms. The van der Waals surface area contributed by atoms with Crippen LogP contribution in [0.4, 0.5) is 17.6 Å². The molecule has 2 N–H and O–H groups in total. The van der Waals surface area contributed by atoms with Gasteiger partial charge in [0.1, 0.15) is 23.5 Å². The molecular formula is C26H22F4N4O4. The summed E-state index contributed by atoms with van der Waals surface area (Å²) in [6.07, 6.45) is 1.27. The molecule has 0 aliphatic heterocycles. The van der Waals surface area contributed by atoms with Gasteiger partial charge in [0.05, 0.1) is 34.7 Å². The van der Waals surface area contributed by atoms with Crippen LogP contribution >= 0.6 is 0 Å². The SMILES string of the molecule is O=C(O)C[C@H]1CC[C@@H](Oc2cnc(-c3ccc(-c4nc5cc(OC(F)(F)F)ccc5[nH]4)c(F)c3)cn2)CC1. The van der Waals surface area contributed by atoms with E-state index in [0.717, 1.165) is 37.8 Å². The Morgan fingerprint density at radius 3 is 2.50 bits per heavy atom. The highest BCUT2D eigenvalue weighted by molar-refractivity contribution is 5.81. The first-order valence-corrected chi connectivity index (χ1v) is 11.9. The zero-order chi connectivity index (χ0) is 26.9. The number of hydrogen-bond donors (Lipinski definition) is 2.